The molecule has 1 atom stereocenters. The van der Waals surface area contributed by atoms with Crippen LogP contribution in [0.1, 0.15) is 41.1 Å². The molecule has 0 bridgehead atoms. The van der Waals surface area contributed by atoms with E-state index in [9.17, 15) is 14.0 Å². The van der Waals surface area contributed by atoms with Gasteiger partial charge in [0.1, 0.15) is 5.82 Å². The Morgan fingerprint density at radius 1 is 1.03 bits per heavy atom. The highest BCUT2D eigenvalue weighted by Gasteiger charge is 2.22. The number of benzene rings is 3. The SMILES string of the molecule is O=C(COC(=O)C(=Cc1ccc(Cl)cc1)c1ccc(F)cc1)NC1CCCc2ccccc21. The number of aryl methyl sites for hydroxylation is 1. The molecule has 4 nitrogen and oxygen atoms in total. The normalized spacial score (nSPS) is 15.5. The number of hydrogen-bond acceptors (Lipinski definition) is 3. The average Bonchev–Trinajstić information content (AvgIpc) is 2.83. The van der Waals surface area contributed by atoms with Crippen molar-refractivity contribution >= 4 is 35.1 Å². The summed E-state index contributed by atoms with van der Waals surface area (Å²) in [7, 11) is 0. The van der Waals surface area contributed by atoms with Gasteiger partial charge in [-0.25, -0.2) is 9.18 Å². The van der Waals surface area contributed by atoms with Gasteiger partial charge < -0.3 is 10.1 Å². The highest BCUT2D eigenvalue weighted by atomic mass is 35.5. The fraction of sp³-hybridized carbons (Fsp3) is 0.185. The molecule has 6 heteroatoms. The van der Waals surface area contributed by atoms with E-state index in [1.807, 2.05) is 18.2 Å². The third kappa shape index (κ3) is 5.88. The van der Waals surface area contributed by atoms with Crippen LogP contribution in [0.2, 0.25) is 5.02 Å². The molecule has 1 aliphatic carbocycles. The lowest BCUT2D eigenvalue weighted by Gasteiger charge is -2.26. The van der Waals surface area contributed by atoms with Crippen molar-refractivity contribution in [1.82, 2.24) is 5.32 Å². The van der Waals surface area contributed by atoms with Gasteiger partial charge in [0.05, 0.1) is 11.6 Å². The summed E-state index contributed by atoms with van der Waals surface area (Å²) in [5, 5.41) is 3.54. The molecule has 1 amide bonds. The maximum Gasteiger partial charge on any atom is 0.339 e. The van der Waals surface area contributed by atoms with Gasteiger partial charge in [-0.2, -0.15) is 0 Å². The first-order valence-electron chi connectivity index (χ1n) is 10.8. The number of rotatable bonds is 6. The third-order valence-corrected chi connectivity index (χ3v) is 5.85. The number of carbonyl (C=O) groups excluding carboxylic acids is 2. The number of fused-ring (bicyclic) bond motifs is 1. The molecule has 168 valence electrons. The van der Waals surface area contributed by atoms with Gasteiger partial charge >= 0.3 is 5.97 Å². The molecule has 0 spiro atoms. The molecule has 0 radical (unpaired) electrons. The zero-order valence-electron chi connectivity index (χ0n) is 17.9. The molecule has 0 heterocycles. The monoisotopic (exact) mass is 463 g/mol. The van der Waals surface area contributed by atoms with Crippen LogP contribution in [-0.2, 0) is 20.7 Å². The fourth-order valence-corrected chi connectivity index (χ4v) is 4.09. The second kappa shape index (κ2) is 10.5. The molecule has 0 saturated carbocycles. The number of carbonyl (C=O) groups is 2. The predicted molar refractivity (Wildman–Crippen MR) is 127 cm³/mol. The lowest BCUT2D eigenvalue weighted by Crippen LogP contribution is -2.34. The second-order valence-electron chi connectivity index (χ2n) is 7.90. The molecular weight excluding hydrogens is 441 g/mol. The summed E-state index contributed by atoms with van der Waals surface area (Å²) in [5.41, 5.74) is 3.76. The van der Waals surface area contributed by atoms with Crippen molar-refractivity contribution in [1.29, 1.82) is 0 Å². The van der Waals surface area contributed by atoms with Crippen LogP contribution in [0.25, 0.3) is 11.6 Å². The van der Waals surface area contributed by atoms with Gasteiger partial charge in [0.2, 0.25) is 0 Å². The first-order valence-corrected chi connectivity index (χ1v) is 11.1. The predicted octanol–water partition coefficient (Wildman–Crippen LogP) is 5.76. The molecule has 1 aliphatic rings. The summed E-state index contributed by atoms with van der Waals surface area (Å²) >= 11 is 5.94. The molecule has 1 unspecified atom stereocenters. The Balaban J connectivity index is 1.46. The van der Waals surface area contributed by atoms with Crippen LogP contribution in [0.15, 0.2) is 72.8 Å². The summed E-state index contributed by atoms with van der Waals surface area (Å²) in [5.74, 6) is -1.45. The Hall–Kier alpha value is -3.44. The Kier molecular flexibility index (Phi) is 7.20. The number of amides is 1. The molecule has 3 aromatic rings. The molecule has 0 aliphatic heterocycles. The third-order valence-electron chi connectivity index (χ3n) is 5.60. The molecule has 33 heavy (non-hydrogen) atoms. The van der Waals surface area contributed by atoms with Crippen molar-refractivity contribution < 1.29 is 18.7 Å². The number of hydrogen-bond donors (Lipinski definition) is 1. The lowest BCUT2D eigenvalue weighted by atomic mass is 9.88. The van der Waals surface area contributed by atoms with Crippen molar-refractivity contribution in [3.8, 4) is 0 Å². The summed E-state index contributed by atoms with van der Waals surface area (Å²) in [6, 6.07) is 20.4. The quantitative estimate of drug-likeness (QED) is 0.287. The van der Waals surface area contributed by atoms with Crippen molar-refractivity contribution in [3.05, 3.63) is 106 Å². The van der Waals surface area contributed by atoms with E-state index >= 15 is 0 Å². The van der Waals surface area contributed by atoms with E-state index in [0.29, 0.717) is 10.6 Å². The van der Waals surface area contributed by atoms with Crippen molar-refractivity contribution in [3.63, 3.8) is 0 Å². The van der Waals surface area contributed by atoms with E-state index in [1.165, 1.54) is 29.8 Å². The van der Waals surface area contributed by atoms with Crippen LogP contribution in [0.4, 0.5) is 4.39 Å². The van der Waals surface area contributed by atoms with Gasteiger partial charge in [0.25, 0.3) is 5.91 Å². The van der Waals surface area contributed by atoms with Crippen LogP contribution < -0.4 is 5.32 Å². The van der Waals surface area contributed by atoms with Gasteiger partial charge in [-0.3, -0.25) is 4.79 Å². The number of esters is 1. The van der Waals surface area contributed by atoms with E-state index in [2.05, 4.69) is 11.4 Å². The standard InChI is InChI=1S/C27H23ClFNO3/c28-21-12-8-18(9-13-21)16-24(20-10-14-22(29)15-11-20)27(32)33-17-26(31)30-25-7-3-5-19-4-1-2-6-23(19)25/h1-2,4,6,8-16,25H,3,5,7,17H2,(H,30,31). The van der Waals surface area contributed by atoms with Crippen LogP contribution >= 0.6 is 11.6 Å². The molecule has 1 N–H and O–H groups in total. The van der Waals surface area contributed by atoms with E-state index in [4.69, 9.17) is 16.3 Å². The maximum atomic E-state index is 13.4. The minimum Gasteiger partial charge on any atom is -0.452 e. The van der Waals surface area contributed by atoms with E-state index in [0.717, 1.165) is 30.4 Å². The Bertz CT molecular complexity index is 1170. The van der Waals surface area contributed by atoms with Crippen molar-refractivity contribution in [2.24, 2.45) is 0 Å². The van der Waals surface area contributed by atoms with E-state index < -0.39 is 18.4 Å². The first kappa shape index (κ1) is 22.7. The largest absolute Gasteiger partial charge is 0.452 e. The summed E-state index contributed by atoms with van der Waals surface area (Å²) in [6.07, 6.45) is 4.45. The summed E-state index contributed by atoms with van der Waals surface area (Å²) in [4.78, 5) is 25.5. The summed E-state index contributed by atoms with van der Waals surface area (Å²) < 4.78 is 18.7. The maximum absolute atomic E-state index is 13.4. The summed E-state index contributed by atoms with van der Waals surface area (Å²) in [6.45, 7) is -0.406. The van der Waals surface area contributed by atoms with Crippen LogP contribution in [-0.4, -0.2) is 18.5 Å². The van der Waals surface area contributed by atoms with Gasteiger partial charge in [-0.1, -0.05) is 60.1 Å². The Morgan fingerprint density at radius 2 is 1.76 bits per heavy atom. The first-order chi connectivity index (χ1) is 16.0. The van der Waals surface area contributed by atoms with Crippen LogP contribution in [0, 0.1) is 5.82 Å². The van der Waals surface area contributed by atoms with Gasteiger partial charge in [0, 0.05) is 5.02 Å². The average molecular weight is 464 g/mol. The van der Waals surface area contributed by atoms with Gasteiger partial charge in [0.15, 0.2) is 6.61 Å². The minimum atomic E-state index is -0.671. The Morgan fingerprint density at radius 3 is 2.52 bits per heavy atom. The molecular formula is C27H23ClFNO3. The topological polar surface area (TPSA) is 55.4 Å². The van der Waals surface area contributed by atoms with Gasteiger partial charge in [-0.15, -0.1) is 0 Å². The van der Waals surface area contributed by atoms with Crippen LogP contribution in [0.3, 0.4) is 0 Å². The highest BCUT2D eigenvalue weighted by Crippen LogP contribution is 2.29. The molecule has 3 aromatic carbocycles. The van der Waals surface area contributed by atoms with Crippen molar-refractivity contribution in [2.75, 3.05) is 6.61 Å². The van der Waals surface area contributed by atoms with E-state index in [-0.39, 0.29) is 17.5 Å². The minimum absolute atomic E-state index is 0.0951. The number of ether oxygens (including phenoxy) is 1. The number of halogens is 2. The zero-order valence-corrected chi connectivity index (χ0v) is 18.6. The smallest absolute Gasteiger partial charge is 0.339 e. The van der Waals surface area contributed by atoms with Crippen molar-refractivity contribution in [2.45, 2.75) is 25.3 Å². The zero-order chi connectivity index (χ0) is 23.2. The molecule has 4 rings (SSSR count). The molecule has 0 aromatic heterocycles. The Labute approximate surface area is 197 Å². The highest BCUT2D eigenvalue weighted by molar-refractivity contribution is 6.30. The van der Waals surface area contributed by atoms with Gasteiger partial charge in [-0.05, 0) is 71.9 Å². The molecule has 0 fully saturated rings. The number of nitrogens with one attached hydrogen (secondary N) is 1. The second-order valence-corrected chi connectivity index (χ2v) is 8.34. The lowest BCUT2D eigenvalue weighted by molar-refractivity contribution is -0.143. The van der Waals surface area contributed by atoms with Crippen LogP contribution in [0.5, 0.6) is 0 Å². The fourth-order valence-electron chi connectivity index (χ4n) is 3.96. The van der Waals surface area contributed by atoms with E-state index in [1.54, 1.807) is 30.3 Å². The molecule has 0 saturated heterocycles.